The lowest BCUT2D eigenvalue weighted by atomic mass is 9.98. The zero-order valence-corrected chi connectivity index (χ0v) is 10.4. The molecule has 4 nitrogen and oxygen atoms in total. The second-order valence-corrected chi connectivity index (χ2v) is 4.41. The Kier molecular flexibility index (Phi) is 2.84. The molecule has 0 aliphatic carbocycles. The van der Waals surface area contributed by atoms with Gasteiger partial charge in [0.25, 0.3) is 0 Å². The minimum atomic E-state index is -0.378. The van der Waals surface area contributed by atoms with Crippen LogP contribution in [0, 0.1) is 0 Å². The van der Waals surface area contributed by atoms with Crippen molar-refractivity contribution in [2.24, 2.45) is 0 Å². The van der Waals surface area contributed by atoms with E-state index >= 15 is 0 Å². The lowest BCUT2D eigenvalue weighted by Crippen LogP contribution is -2.02. The number of nitrogens with zero attached hydrogens (tertiary/aromatic N) is 1. The summed E-state index contributed by atoms with van der Waals surface area (Å²) in [4.78, 5) is 16.2. The van der Waals surface area contributed by atoms with Crippen LogP contribution < -0.4 is 0 Å². The third-order valence-corrected chi connectivity index (χ3v) is 3.16. The van der Waals surface area contributed by atoms with Crippen molar-refractivity contribution in [3.8, 4) is 11.5 Å². The number of phenolic OH excluding ortho intramolecular Hbond substituents is 2. The molecule has 0 fully saturated rings. The number of aromatic hydroxyl groups is 2. The topological polar surface area (TPSA) is 70.4 Å². The number of benzene rings is 2. The Labute approximate surface area is 115 Å². The van der Waals surface area contributed by atoms with E-state index in [2.05, 4.69) is 4.98 Å². The Bertz CT molecular complexity index is 797. The molecule has 0 aliphatic heterocycles. The molecule has 1 heterocycles. The van der Waals surface area contributed by atoms with Crippen LogP contribution in [0.25, 0.3) is 10.8 Å². The maximum Gasteiger partial charge on any atom is 0.198 e. The first kappa shape index (κ1) is 12.2. The quantitative estimate of drug-likeness (QED) is 0.552. The van der Waals surface area contributed by atoms with E-state index in [0.29, 0.717) is 16.3 Å². The monoisotopic (exact) mass is 265 g/mol. The Balaban J connectivity index is 2.23. The highest BCUT2D eigenvalue weighted by Crippen LogP contribution is 2.36. The number of hydrogen-bond acceptors (Lipinski definition) is 4. The van der Waals surface area contributed by atoms with E-state index in [-0.39, 0.29) is 22.8 Å². The van der Waals surface area contributed by atoms with Gasteiger partial charge in [-0.3, -0.25) is 9.78 Å². The van der Waals surface area contributed by atoms with E-state index in [1.165, 1.54) is 12.3 Å². The Hall–Kier alpha value is -2.88. The molecule has 1 aromatic heterocycles. The van der Waals surface area contributed by atoms with Crippen molar-refractivity contribution in [2.75, 3.05) is 0 Å². The zero-order chi connectivity index (χ0) is 14.1. The van der Waals surface area contributed by atoms with E-state index in [1.54, 1.807) is 42.6 Å². The zero-order valence-electron chi connectivity index (χ0n) is 10.4. The molecule has 2 aromatic carbocycles. The number of ketones is 1. The fourth-order valence-electron chi connectivity index (χ4n) is 2.17. The predicted molar refractivity (Wildman–Crippen MR) is 74.9 cm³/mol. The lowest BCUT2D eigenvalue weighted by molar-refractivity contribution is 0.103. The average Bonchev–Trinajstić information content (AvgIpc) is 2.51. The lowest BCUT2D eigenvalue weighted by Gasteiger charge is -2.09. The Morgan fingerprint density at radius 1 is 1.00 bits per heavy atom. The number of carbonyl (C=O) groups excluding carboxylic acids is 1. The number of carbonyl (C=O) groups is 1. The molecule has 20 heavy (non-hydrogen) atoms. The molecule has 0 spiro atoms. The summed E-state index contributed by atoms with van der Waals surface area (Å²) in [5.74, 6) is -0.547. The van der Waals surface area contributed by atoms with Crippen LogP contribution in [-0.4, -0.2) is 21.0 Å². The van der Waals surface area contributed by atoms with Crippen LogP contribution in [0.4, 0.5) is 0 Å². The molecule has 0 atom stereocenters. The van der Waals surface area contributed by atoms with Gasteiger partial charge in [0.05, 0.1) is 5.56 Å². The number of phenols is 2. The van der Waals surface area contributed by atoms with Crippen molar-refractivity contribution >= 4 is 16.6 Å². The molecule has 0 amide bonds. The van der Waals surface area contributed by atoms with Crippen LogP contribution in [-0.2, 0) is 0 Å². The largest absolute Gasteiger partial charge is 0.507 e. The van der Waals surface area contributed by atoms with Crippen molar-refractivity contribution in [2.45, 2.75) is 0 Å². The number of aromatic nitrogens is 1. The highest BCUT2D eigenvalue weighted by atomic mass is 16.3. The Morgan fingerprint density at radius 2 is 1.75 bits per heavy atom. The van der Waals surface area contributed by atoms with Gasteiger partial charge < -0.3 is 10.2 Å². The van der Waals surface area contributed by atoms with Crippen molar-refractivity contribution in [1.82, 2.24) is 4.98 Å². The first-order valence-electron chi connectivity index (χ1n) is 6.07. The molecule has 2 N–H and O–H groups in total. The molecule has 0 saturated carbocycles. The van der Waals surface area contributed by atoms with Gasteiger partial charge in [0.2, 0.25) is 0 Å². The van der Waals surface area contributed by atoms with Crippen molar-refractivity contribution in [3.63, 3.8) is 0 Å². The van der Waals surface area contributed by atoms with Crippen LogP contribution >= 0.6 is 0 Å². The first-order chi connectivity index (χ1) is 9.68. The third-order valence-electron chi connectivity index (χ3n) is 3.16. The molecule has 3 rings (SSSR count). The number of fused-ring (bicyclic) bond motifs is 1. The number of pyridine rings is 1. The first-order valence-corrected chi connectivity index (χ1v) is 6.07. The highest BCUT2D eigenvalue weighted by molar-refractivity contribution is 6.14. The van der Waals surface area contributed by atoms with Crippen LogP contribution in [0.15, 0.2) is 54.9 Å². The summed E-state index contributed by atoms with van der Waals surface area (Å²) in [5.41, 5.74) is 0.423. The second kappa shape index (κ2) is 4.66. The molecule has 0 aliphatic rings. The van der Waals surface area contributed by atoms with Crippen molar-refractivity contribution in [1.29, 1.82) is 0 Å². The second-order valence-electron chi connectivity index (χ2n) is 4.41. The van der Waals surface area contributed by atoms with Crippen LogP contribution in [0.2, 0.25) is 0 Å². The van der Waals surface area contributed by atoms with Gasteiger partial charge in [-0.1, -0.05) is 24.3 Å². The van der Waals surface area contributed by atoms with Gasteiger partial charge in [-0.05, 0) is 18.2 Å². The molecular formula is C16H11NO3. The summed E-state index contributed by atoms with van der Waals surface area (Å²) < 4.78 is 0. The maximum absolute atomic E-state index is 12.4. The van der Waals surface area contributed by atoms with Crippen LogP contribution in [0.3, 0.4) is 0 Å². The highest BCUT2D eigenvalue weighted by Gasteiger charge is 2.18. The maximum atomic E-state index is 12.4. The molecule has 3 aromatic rings. The summed E-state index contributed by atoms with van der Waals surface area (Å²) in [6.45, 7) is 0. The van der Waals surface area contributed by atoms with Crippen LogP contribution in [0.1, 0.15) is 15.9 Å². The van der Waals surface area contributed by atoms with Gasteiger partial charge in [0, 0.05) is 28.7 Å². The van der Waals surface area contributed by atoms with Crippen molar-refractivity contribution < 1.29 is 15.0 Å². The molecule has 0 saturated heterocycles. The Morgan fingerprint density at radius 3 is 2.45 bits per heavy atom. The van der Waals surface area contributed by atoms with Gasteiger partial charge in [-0.15, -0.1) is 0 Å². The minimum Gasteiger partial charge on any atom is -0.507 e. The standard InChI is InChI=1S/C16H11NO3/c18-14-8-13(15(19)10-4-3-7-17-9-10)16(20)12-6-2-1-5-11(12)14/h1-9,18,20H. The van der Waals surface area contributed by atoms with E-state index in [9.17, 15) is 15.0 Å². The minimum absolute atomic E-state index is 0.0364. The summed E-state index contributed by atoms with van der Waals surface area (Å²) in [7, 11) is 0. The molecule has 0 unspecified atom stereocenters. The normalized spacial score (nSPS) is 10.6. The van der Waals surface area contributed by atoms with Gasteiger partial charge in [-0.2, -0.15) is 0 Å². The predicted octanol–water partition coefficient (Wildman–Crippen LogP) is 2.88. The van der Waals surface area contributed by atoms with Gasteiger partial charge in [0.1, 0.15) is 11.5 Å². The number of rotatable bonds is 2. The molecule has 98 valence electrons. The average molecular weight is 265 g/mol. The summed E-state index contributed by atoms with van der Waals surface area (Å²) in [5, 5.41) is 21.2. The van der Waals surface area contributed by atoms with E-state index in [1.807, 2.05) is 0 Å². The fourth-order valence-corrected chi connectivity index (χ4v) is 2.17. The summed E-state index contributed by atoms with van der Waals surface area (Å²) in [6.07, 6.45) is 2.99. The third kappa shape index (κ3) is 1.87. The SMILES string of the molecule is O=C(c1cccnc1)c1cc(O)c2ccccc2c1O. The number of hydrogen-bond donors (Lipinski definition) is 2. The van der Waals surface area contributed by atoms with Gasteiger partial charge in [-0.25, -0.2) is 0 Å². The molecule has 0 bridgehead atoms. The smallest absolute Gasteiger partial charge is 0.198 e. The van der Waals surface area contributed by atoms with Crippen LogP contribution in [0.5, 0.6) is 11.5 Å². The molecule has 0 radical (unpaired) electrons. The fraction of sp³-hybridized carbons (Fsp3) is 0. The van der Waals surface area contributed by atoms with Gasteiger partial charge >= 0.3 is 0 Å². The molecule has 4 heteroatoms. The summed E-state index contributed by atoms with van der Waals surface area (Å²) in [6, 6.07) is 11.4. The van der Waals surface area contributed by atoms with E-state index in [4.69, 9.17) is 0 Å². The molecular weight excluding hydrogens is 254 g/mol. The van der Waals surface area contributed by atoms with E-state index in [0.717, 1.165) is 0 Å². The summed E-state index contributed by atoms with van der Waals surface area (Å²) >= 11 is 0. The van der Waals surface area contributed by atoms with E-state index < -0.39 is 0 Å². The van der Waals surface area contributed by atoms with Crippen molar-refractivity contribution in [3.05, 3.63) is 66.0 Å². The van der Waals surface area contributed by atoms with Gasteiger partial charge in [0.15, 0.2) is 5.78 Å².